The number of carbonyl (C=O) groups is 4. The summed E-state index contributed by atoms with van der Waals surface area (Å²) in [5.41, 5.74) is 10.6. The van der Waals surface area contributed by atoms with E-state index in [1.165, 1.54) is 29.5 Å². The van der Waals surface area contributed by atoms with Crippen molar-refractivity contribution < 1.29 is 60.9 Å². The first-order valence-corrected chi connectivity index (χ1v) is 43.2. The molecule has 0 saturated carbocycles. The van der Waals surface area contributed by atoms with Gasteiger partial charge in [0, 0.05) is 66.6 Å². The molecule has 13 nitrogen and oxygen atoms in total. The monoisotopic (exact) mass is 1580 g/mol. The maximum absolute atomic E-state index is 12.9. The van der Waals surface area contributed by atoms with Gasteiger partial charge in [-0.05, 0) is 179 Å². The number of hydrogen-bond donors (Lipinski definition) is 0. The number of benzene rings is 6. The largest absolute Gasteiger partial charge is 0.303 e. The minimum atomic E-state index is 0. The molecular formula is C75H97I3N3O10-. The molecule has 6 aliphatic rings. The molecule has 3 aliphatic heterocycles. The third kappa shape index (κ3) is 21.6. The average Bonchev–Trinajstić information content (AvgIpc) is 1.72. The summed E-state index contributed by atoms with van der Waals surface area (Å²) in [7, 11) is 9.65. The Bertz CT molecular complexity index is 3250. The van der Waals surface area contributed by atoms with Crippen molar-refractivity contribution in [1.29, 1.82) is 0 Å². The summed E-state index contributed by atoms with van der Waals surface area (Å²) in [5, 5.41) is 0. The second-order valence-electron chi connectivity index (χ2n) is 23.3. The summed E-state index contributed by atoms with van der Waals surface area (Å²) in [5.74, 6) is 6.12. The predicted molar refractivity (Wildman–Crippen MR) is 381 cm³/mol. The van der Waals surface area contributed by atoms with Crippen LogP contribution >= 0.6 is 37.2 Å². The van der Waals surface area contributed by atoms with Crippen molar-refractivity contribution in [2.45, 2.75) is 113 Å². The zero-order valence-electron chi connectivity index (χ0n) is 51.8. The Morgan fingerprint density at radius 2 is 0.846 bits per heavy atom. The number of likely N-dealkylation sites (tertiary alicyclic amines) is 3. The number of ketones is 3. The number of Topliss-reactive ketones (excluding diaryl/α,β-unsaturated/α-hetero) is 3. The number of piperidine rings is 3. The Morgan fingerprint density at radius 3 is 1.27 bits per heavy atom. The van der Waals surface area contributed by atoms with Crippen LogP contribution < -0.4 is 41.7 Å². The van der Waals surface area contributed by atoms with Crippen LogP contribution in [0, 0.1) is 23.7 Å². The number of fused-ring (bicyclic) bond motifs is 3. The fourth-order valence-electron chi connectivity index (χ4n) is 12.8. The van der Waals surface area contributed by atoms with E-state index in [-0.39, 0.29) is 45.5 Å². The van der Waals surface area contributed by atoms with Gasteiger partial charge in [0.05, 0.1) is 42.7 Å². The van der Waals surface area contributed by atoms with Crippen molar-refractivity contribution in [3.63, 3.8) is 0 Å². The van der Waals surface area contributed by atoms with Crippen molar-refractivity contribution in [3.05, 3.63) is 189 Å². The quantitative estimate of drug-likeness (QED) is 0.0518. The molecule has 6 aromatic carbocycles. The standard InChI is InChI=1S/C24H29NO3.C24H27NO3.C13H17NO.C11H12O3.3CH4.I3/c2*1-27-22-14-19-13-20(24(26)21(19)15-23(22)28-2)12-17-8-10-25(11-9-17)16-18-6-4-3-5-7-18;15-11-13-6-8-14(9-7-13)10-12-4-2-1-3-5-12;1-13-10-5-7-3-4-9(12)8(7)6-11(10)14-2;;;;1-3-2/h3-7,14-15,17,20H,8-13,16H2,1-2H3;3-7,12,14-15,17H,8-11,13,16H2,1-2H3;1-5,11,13H,6-10H2;5-6H,3-4H2,1-2H3;3*1H4;/q;;;;;;;-1. The van der Waals surface area contributed by atoms with Crippen LogP contribution in [-0.2, 0) is 43.7 Å². The summed E-state index contributed by atoms with van der Waals surface area (Å²) in [4.78, 5) is 55.3. The van der Waals surface area contributed by atoms with E-state index in [0.29, 0.717) is 78.3 Å². The summed E-state index contributed by atoms with van der Waals surface area (Å²) in [6.45, 7) is 9.56. The van der Waals surface area contributed by atoms with Gasteiger partial charge in [-0.1, -0.05) is 119 Å². The van der Waals surface area contributed by atoms with Gasteiger partial charge in [-0.3, -0.25) is 29.1 Å². The van der Waals surface area contributed by atoms with Crippen molar-refractivity contribution in [2.75, 3.05) is 81.9 Å². The van der Waals surface area contributed by atoms with Crippen LogP contribution in [0.3, 0.4) is 0 Å². The van der Waals surface area contributed by atoms with Crippen LogP contribution in [-0.4, -0.2) is 120 Å². The van der Waals surface area contributed by atoms with Crippen LogP contribution in [0.1, 0.15) is 138 Å². The molecule has 494 valence electrons. The van der Waals surface area contributed by atoms with Crippen molar-refractivity contribution >= 4 is 60.9 Å². The molecule has 3 aliphatic carbocycles. The van der Waals surface area contributed by atoms with E-state index < -0.39 is 0 Å². The van der Waals surface area contributed by atoms with Gasteiger partial charge in [0.15, 0.2) is 51.8 Å². The molecule has 16 heteroatoms. The number of hydrogen-bond acceptors (Lipinski definition) is 13. The third-order valence-corrected chi connectivity index (χ3v) is 17.7. The molecule has 6 aromatic rings. The minimum Gasteiger partial charge on any atom is -0.303 e. The predicted octanol–water partition coefficient (Wildman–Crippen LogP) is 13.3. The Hall–Kier alpha value is -5.39. The van der Waals surface area contributed by atoms with E-state index >= 15 is 0 Å². The van der Waals surface area contributed by atoms with Gasteiger partial charge < -0.3 is 33.2 Å². The van der Waals surface area contributed by atoms with Gasteiger partial charge in [0.2, 0.25) is 0 Å². The number of methoxy groups -OCH3 is 6. The molecule has 1 atom stereocenters. The Kier molecular flexibility index (Phi) is 33.0. The number of ether oxygens (including phenoxy) is 6. The van der Waals surface area contributed by atoms with Crippen LogP contribution in [0.25, 0.3) is 0 Å². The number of allylic oxidation sites excluding steroid dienone is 2. The molecule has 3 saturated heterocycles. The van der Waals surface area contributed by atoms with Gasteiger partial charge in [-0.15, -0.1) is 0 Å². The SMILES string of the molecule is C.C.C.COc1cc2c(cc1OC)C(=O)C(=CC1CCN(Cc3ccccc3)CC1)C2.COc1cc2c(cc1OC)C(=O)C(CC1CCN(Cc3ccccc3)CC1)C2.COc1cc2c(cc1OC)C(=O)CC2.I[I-]I.O=CC1CCN(Cc2ccccc2)CC1. The van der Waals surface area contributed by atoms with Crippen LogP contribution in [0.5, 0.6) is 34.5 Å². The van der Waals surface area contributed by atoms with Crippen LogP contribution in [0.4, 0.5) is 0 Å². The number of nitrogens with zero attached hydrogens (tertiary/aromatic N) is 3. The summed E-state index contributed by atoms with van der Waals surface area (Å²) < 4.78 is 31.8. The van der Waals surface area contributed by atoms with Gasteiger partial charge in [0.1, 0.15) is 6.29 Å². The topological polar surface area (TPSA) is 133 Å². The summed E-state index contributed by atoms with van der Waals surface area (Å²) in [6.07, 6.45) is 13.9. The van der Waals surface area contributed by atoms with E-state index in [1.807, 2.05) is 36.4 Å². The summed E-state index contributed by atoms with van der Waals surface area (Å²) >= 11 is 5.30. The smallest absolute Gasteiger partial charge is 0.123 e. The Morgan fingerprint density at radius 1 is 0.473 bits per heavy atom. The molecule has 3 heterocycles. The van der Waals surface area contributed by atoms with Crippen LogP contribution in [0.15, 0.2) is 139 Å². The first-order chi connectivity index (χ1) is 42.9. The van der Waals surface area contributed by atoms with E-state index in [0.717, 1.165) is 149 Å². The van der Waals surface area contributed by atoms with E-state index in [4.69, 9.17) is 28.4 Å². The van der Waals surface area contributed by atoms with E-state index in [9.17, 15) is 19.2 Å². The zero-order chi connectivity index (χ0) is 62.4. The third-order valence-electron chi connectivity index (χ3n) is 17.7. The fourth-order valence-corrected chi connectivity index (χ4v) is 12.8. The van der Waals surface area contributed by atoms with Crippen LogP contribution in [0.2, 0.25) is 0 Å². The number of aryl methyl sites for hydroxylation is 1. The molecule has 12 rings (SSSR count). The first-order valence-electron chi connectivity index (χ1n) is 30.6. The minimum absolute atomic E-state index is 0. The van der Waals surface area contributed by atoms with Gasteiger partial charge in [-0.2, -0.15) is 0 Å². The number of rotatable bonds is 16. The number of halogens is 3. The molecule has 0 aromatic heterocycles. The number of carbonyl (C=O) groups excluding carboxylic acids is 4. The molecule has 1 unspecified atom stereocenters. The second kappa shape index (κ2) is 39.3. The second-order valence-corrected chi connectivity index (χ2v) is 39.6. The summed E-state index contributed by atoms with van der Waals surface area (Å²) in [6, 6.07) is 43.1. The molecule has 3 fully saturated rings. The Labute approximate surface area is 573 Å². The normalized spacial score (nSPS) is 17.6. The molecule has 0 amide bonds. The van der Waals surface area contributed by atoms with Gasteiger partial charge in [0.25, 0.3) is 0 Å². The Balaban J connectivity index is 0.000000224. The van der Waals surface area contributed by atoms with Gasteiger partial charge >= 0.3 is 50.5 Å². The molecule has 0 bridgehead atoms. The van der Waals surface area contributed by atoms with Gasteiger partial charge in [-0.25, -0.2) is 0 Å². The molecular weight excluding hydrogens is 1480 g/mol. The maximum atomic E-state index is 12.9. The fraction of sp³-hybridized carbons (Fsp3) is 0.440. The van der Waals surface area contributed by atoms with Crippen molar-refractivity contribution in [1.82, 2.24) is 14.7 Å². The molecule has 0 N–H and O–H groups in total. The molecule has 91 heavy (non-hydrogen) atoms. The van der Waals surface area contributed by atoms with Crippen molar-refractivity contribution in [2.24, 2.45) is 23.7 Å². The zero-order valence-corrected chi connectivity index (χ0v) is 58.3. The first kappa shape index (κ1) is 76.3. The van der Waals surface area contributed by atoms with Crippen molar-refractivity contribution in [3.8, 4) is 34.5 Å². The number of aldehydes is 1. The average molecular weight is 1580 g/mol. The molecule has 0 radical (unpaired) electrons. The maximum Gasteiger partial charge on any atom is 0.123 e. The molecule has 0 spiro atoms. The van der Waals surface area contributed by atoms with E-state index in [1.54, 1.807) is 48.7 Å². The van der Waals surface area contributed by atoms with E-state index in [2.05, 4.69) is 143 Å².